The van der Waals surface area contributed by atoms with Crippen molar-refractivity contribution in [3.63, 3.8) is 0 Å². The number of hydrogen-bond acceptors (Lipinski definition) is 4. The maximum absolute atomic E-state index is 12.2. The summed E-state index contributed by atoms with van der Waals surface area (Å²) in [5, 5.41) is 4.61. The molecule has 0 saturated heterocycles. The second-order valence-corrected chi connectivity index (χ2v) is 7.19. The number of carbonyl (C=O) groups is 1. The summed E-state index contributed by atoms with van der Waals surface area (Å²) in [7, 11) is 0. The second-order valence-electron chi connectivity index (χ2n) is 5.67. The van der Waals surface area contributed by atoms with Gasteiger partial charge in [-0.05, 0) is 43.2 Å². The Bertz CT molecular complexity index is 847. The number of aromatic nitrogens is 2. The predicted octanol–water partition coefficient (Wildman–Crippen LogP) is 4.07. The number of hydrogen-bond donors (Lipinski definition) is 1. The lowest BCUT2D eigenvalue weighted by Gasteiger charge is -2.05. The summed E-state index contributed by atoms with van der Waals surface area (Å²) in [6, 6.07) is 11.5. The van der Waals surface area contributed by atoms with E-state index in [0.717, 1.165) is 38.1 Å². The quantitative estimate of drug-likeness (QED) is 0.710. The molecule has 25 heavy (non-hydrogen) atoms. The Balaban J connectivity index is 1.54. The Labute approximate surface area is 155 Å². The minimum absolute atomic E-state index is 0.0157. The van der Waals surface area contributed by atoms with E-state index in [1.807, 2.05) is 43.3 Å². The molecule has 4 nitrogen and oxygen atoms in total. The molecule has 0 fully saturated rings. The van der Waals surface area contributed by atoms with E-state index in [1.165, 1.54) is 0 Å². The van der Waals surface area contributed by atoms with E-state index in [9.17, 15) is 4.79 Å². The fourth-order valence-electron chi connectivity index (χ4n) is 2.42. The van der Waals surface area contributed by atoms with Crippen molar-refractivity contribution in [3.05, 3.63) is 69.9 Å². The molecule has 3 rings (SSSR count). The van der Waals surface area contributed by atoms with Gasteiger partial charge in [0.1, 0.15) is 5.01 Å². The van der Waals surface area contributed by atoms with Crippen molar-refractivity contribution in [2.45, 2.75) is 19.8 Å². The van der Waals surface area contributed by atoms with Gasteiger partial charge in [0, 0.05) is 34.4 Å². The predicted molar refractivity (Wildman–Crippen MR) is 102 cm³/mol. The molecule has 6 heteroatoms. The SMILES string of the molecule is Cc1nc(-c2ccncc2)sc1CC(=O)NCCc1ccc(Cl)cc1. The minimum atomic E-state index is 0.0157. The molecule has 1 amide bonds. The van der Waals surface area contributed by atoms with Gasteiger partial charge in [-0.1, -0.05) is 23.7 Å². The van der Waals surface area contributed by atoms with Crippen LogP contribution in [0.1, 0.15) is 16.1 Å². The lowest BCUT2D eigenvalue weighted by molar-refractivity contribution is -0.120. The molecule has 1 aromatic carbocycles. The molecule has 0 aliphatic heterocycles. The van der Waals surface area contributed by atoms with E-state index in [0.29, 0.717) is 13.0 Å². The number of carbonyl (C=O) groups excluding carboxylic acids is 1. The summed E-state index contributed by atoms with van der Waals surface area (Å²) in [4.78, 5) is 21.8. The van der Waals surface area contributed by atoms with Crippen molar-refractivity contribution in [2.75, 3.05) is 6.54 Å². The number of halogens is 1. The third-order valence-corrected chi connectivity index (χ3v) is 5.25. The highest BCUT2D eigenvalue weighted by Gasteiger charge is 2.12. The molecule has 0 unspecified atom stereocenters. The average molecular weight is 372 g/mol. The standard InChI is InChI=1S/C19H18ClN3OS/c1-13-17(25-19(23-13)15-7-9-21-10-8-15)12-18(24)22-11-6-14-2-4-16(20)5-3-14/h2-5,7-10H,6,11-12H2,1H3,(H,22,24). The van der Waals surface area contributed by atoms with E-state index in [1.54, 1.807) is 23.7 Å². The van der Waals surface area contributed by atoms with Crippen molar-refractivity contribution in [1.82, 2.24) is 15.3 Å². The monoisotopic (exact) mass is 371 g/mol. The lowest BCUT2D eigenvalue weighted by atomic mass is 10.1. The number of rotatable bonds is 6. The van der Waals surface area contributed by atoms with E-state index >= 15 is 0 Å². The molecule has 2 heterocycles. The zero-order valence-corrected chi connectivity index (χ0v) is 15.4. The molecule has 3 aromatic rings. The summed E-state index contributed by atoms with van der Waals surface area (Å²) in [6.45, 7) is 2.55. The molecule has 1 N–H and O–H groups in total. The van der Waals surface area contributed by atoms with Gasteiger partial charge in [-0.25, -0.2) is 4.98 Å². The van der Waals surface area contributed by atoms with Crippen LogP contribution in [0.25, 0.3) is 10.6 Å². The zero-order chi connectivity index (χ0) is 17.6. The van der Waals surface area contributed by atoms with Crippen LogP contribution in [-0.4, -0.2) is 22.4 Å². The summed E-state index contributed by atoms with van der Waals surface area (Å²) < 4.78 is 0. The number of nitrogens with one attached hydrogen (secondary N) is 1. The van der Waals surface area contributed by atoms with Gasteiger partial charge in [-0.15, -0.1) is 11.3 Å². The number of thiazole rings is 1. The van der Waals surface area contributed by atoms with Crippen molar-refractivity contribution in [2.24, 2.45) is 0 Å². The maximum atomic E-state index is 12.2. The van der Waals surface area contributed by atoms with Crippen molar-refractivity contribution >= 4 is 28.8 Å². The Morgan fingerprint density at radius 1 is 1.16 bits per heavy atom. The molecule has 0 saturated carbocycles. The molecule has 0 atom stereocenters. The van der Waals surface area contributed by atoms with Gasteiger partial charge in [-0.2, -0.15) is 0 Å². The first-order valence-electron chi connectivity index (χ1n) is 7.99. The normalized spacial score (nSPS) is 10.6. The first-order valence-corrected chi connectivity index (χ1v) is 9.19. The smallest absolute Gasteiger partial charge is 0.225 e. The lowest BCUT2D eigenvalue weighted by Crippen LogP contribution is -2.27. The van der Waals surface area contributed by atoms with Crippen molar-refractivity contribution < 1.29 is 4.79 Å². The first kappa shape index (κ1) is 17.6. The Hall–Kier alpha value is -2.24. The van der Waals surface area contributed by atoms with Crippen LogP contribution in [0.15, 0.2) is 48.8 Å². The summed E-state index contributed by atoms with van der Waals surface area (Å²) >= 11 is 7.43. The van der Waals surface area contributed by atoms with E-state index in [2.05, 4.69) is 15.3 Å². The fourth-order valence-corrected chi connectivity index (χ4v) is 3.61. The Morgan fingerprint density at radius 3 is 2.60 bits per heavy atom. The molecule has 0 aliphatic rings. The number of aryl methyl sites for hydroxylation is 1. The summed E-state index contributed by atoms with van der Waals surface area (Å²) in [5.74, 6) is 0.0157. The fraction of sp³-hybridized carbons (Fsp3) is 0.211. The highest BCUT2D eigenvalue weighted by molar-refractivity contribution is 7.15. The number of amides is 1. The van der Waals surface area contributed by atoms with Gasteiger partial charge in [0.2, 0.25) is 5.91 Å². The highest BCUT2D eigenvalue weighted by atomic mass is 35.5. The molecule has 2 aromatic heterocycles. The first-order chi connectivity index (χ1) is 12.1. The van der Waals surface area contributed by atoms with E-state index < -0.39 is 0 Å². The van der Waals surface area contributed by atoms with Gasteiger partial charge in [-0.3, -0.25) is 9.78 Å². The van der Waals surface area contributed by atoms with Crippen LogP contribution >= 0.6 is 22.9 Å². The number of nitrogens with zero attached hydrogens (tertiary/aromatic N) is 2. The van der Waals surface area contributed by atoms with Crippen LogP contribution in [0.2, 0.25) is 5.02 Å². The third kappa shape index (κ3) is 4.87. The highest BCUT2D eigenvalue weighted by Crippen LogP contribution is 2.27. The second kappa shape index (κ2) is 8.23. The number of pyridine rings is 1. The Morgan fingerprint density at radius 2 is 1.88 bits per heavy atom. The van der Waals surface area contributed by atoms with Crippen LogP contribution in [0.3, 0.4) is 0 Å². The Kier molecular flexibility index (Phi) is 5.79. The van der Waals surface area contributed by atoms with E-state index in [4.69, 9.17) is 11.6 Å². The largest absolute Gasteiger partial charge is 0.355 e. The van der Waals surface area contributed by atoms with Crippen LogP contribution in [-0.2, 0) is 17.6 Å². The zero-order valence-electron chi connectivity index (χ0n) is 13.8. The van der Waals surface area contributed by atoms with Gasteiger partial charge >= 0.3 is 0 Å². The van der Waals surface area contributed by atoms with Gasteiger partial charge in [0.25, 0.3) is 0 Å². The molecule has 0 spiro atoms. The average Bonchev–Trinajstić information content (AvgIpc) is 2.98. The van der Waals surface area contributed by atoms with Gasteiger partial charge < -0.3 is 5.32 Å². The molecular formula is C19H18ClN3OS. The minimum Gasteiger partial charge on any atom is -0.355 e. The summed E-state index contributed by atoms with van der Waals surface area (Å²) in [6.07, 6.45) is 4.63. The summed E-state index contributed by atoms with van der Waals surface area (Å²) in [5.41, 5.74) is 3.08. The van der Waals surface area contributed by atoms with Crippen LogP contribution in [0.5, 0.6) is 0 Å². The third-order valence-electron chi connectivity index (χ3n) is 3.79. The molecule has 0 radical (unpaired) electrons. The van der Waals surface area contributed by atoms with Crippen molar-refractivity contribution in [1.29, 1.82) is 0 Å². The van der Waals surface area contributed by atoms with Gasteiger partial charge in [0.15, 0.2) is 0 Å². The molecular weight excluding hydrogens is 354 g/mol. The molecule has 128 valence electrons. The van der Waals surface area contributed by atoms with Gasteiger partial charge in [0.05, 0.1) is 12.1 Å². The van der Waals surface area contributed by atoms with E-state index in [-0.39, 0.29) is 5.91 Å². The number of benzene rings is 1. The van der Waals surface area contributed by atoms with Crippen molar-refractivity contribution in [3.8, 4) is 10.6 Å². The molecule has 0 aliphatic carbocycles. The van der Waals surface area contributed by atoms with Crippen LogP contribution in [0, 0.1) is 6.92 Å². The molecule has 0 bridgehead atoms. The topological polar surface area (TPSA) is 54.9 Å². The van der Waals surface area contributed by atoms with Crippen LogP contribution < -0.4 is 5.32 Å². The maximum Gasteiger partial charge on any atom is 0.225 e. The van der Waals surface area contributed by atoms with Crippen LogP contribution in [0.4, 0.5) is 0 Å².